The van der Waals surface area contributed by atoms with Crippen LogP contribution >= 0.6 is 0 Å². The zero-order valence-corrected chi connectivity index (χ0v) is 11.5. The molecule has 2 aromatic rings. The Morgan fingerprint density at radius 1 is 0.944 bits per heavy atom. The van der Waals surface area contributed by atoms with E-state index in [-0.39, 0.29) is 0 Å². The van der Waals surface area contributed by atoms with Crippen molar-refractivity contribution in [3.8, 4) is 0 Å². The van der Waals surface area contributed by atoms with E-state index in [1.165, 1.54) is 21.9 Å². The first-order valence-electron chi connectivity index (χ1n) is 6.57. The zero-order chi connectivity index (χ0) is 13.3. The van der Waals surface area contributed by atoms with Crippen LogP contribution in [0.25, 0.3) is 10.8 Å². The maximum atomic E-state index is 11.3. The fraction of sp³-hybridized carbons (Fsp3) is 0.353. The van der Waals surface area contributed by atoms with Gasteiger partial charge in [-0.05, 0) is 33.7 Å². The van der Waals surface area contributed by atoms with Crippen molar-refractivity contribution in [1.82, 2.24) is 0 Å². The minimum Gasteiger partial charge on any atom is -0.298 e. The molecule has 0 fully saturated rings. The molecular formula is C17H20O. The molecule has 0 atom stereocenters. The van der Waals surface area contributed by atoms with Gasteiger partial charge in [0, 0.05) is 5.56 Å². The number of fused-ring (bicyclic) bond motifs is 1. The topological polar surface area (TPSA) is 17.1 Å². The van der Waals surface area contributed by atoms with Crippen LogP contribution in [0.2, 0.25) is 0 Å². The van der Waals surface area contributed by atoms with E-state index in [1.54, 1.807) is 0 Å². The number of hydrogen-bond donors (Lipinski definition) is 0. The third-order valence-corrected chi connectivity index (χ3v) is 3.48. The van der Waals surface area contributed by atoms with Crippen molar-refractivity contribution in [1.29, 1.82) is 0 Å². The van der Waals surface area contributed by atoms with Gasteiger partial charge < -0.3 is 0 Å². The predicted molar refractivity (Wildman–Crippen MR) is 77.5 cm³/mol. The molecule has 1 nitrogen and oxygen atoms in total. The molecule has 0 aliphatic carbocycles. The SMILES string of the molecule is CC(C)c1cccc2ccc(C=O)c(C(C)C)c12. The normalized spacial score (nSPS) is 11.4. The Hall–Kier alpha value is -1.63. The van der Waals surface area contributed by atoms with E-state index in [0.717, 1.165) is 11.8 Å². The van der Waals surface area contributed by atoms with Crippen LogP contribution in [0.4, 0.5) is 0 Å². The van der Waals surface area contributed by atoms with Crippen LogP contribution in [0, 0.1) is 0 Å². The van der Waals surface area contributed by atoms with Crippen molar-refractivity contribution < 1.29 is 4.79 Å². The quantitative estimate of drug-likeness (QED) is 0.697. The van der Waals surface area contributed by atoms with Gasteiger partial charge in [-0.15, -0.1) is 0 Å². The summed E-state index contributed by atoms with van der Waals surface area (Å²) in [5, 5.41) is 2.50. The van der Waals surface area contributed by atoms with Gasteiger partial charge in [-0.25, -0.2) is 0 Å². The maximum Gasteiger partial charge on any atom is 0.150 e. The Bertz CT molecular complexity index is 579. The molecule has 94 valence electrons. The number of hydrogen-bond acceptors (Lipinski definition) is 1. The molecule has 2 aromatic carbocycles. The van der Waals surface area contributed by atoms with Gasteiger partial charge in [0.15, 0.2) is 0 Å². The fourth-order valence-corrected chi connectivity index (χ4v) is 2.66. The average molecular weight is 240 g/mol. The summed E-state index contributed by atoms with van der Waals surface area (Å²) < 4.78 is 0. The Morgan fingerprint density at radius 2 is 1.67 bits per heavy atom. The number of carbonyl (C=O) groups is 1. The van der Waals surface area contributed by atoms with Crippen LogP contribution in [0.3, 0.4) is 0 Å². The van der Waals surface area contributed by atoms with Crippen molar-refractivity contribution in [3.63, 3.8) is 0 Å². The zero-order valence-electron chi connectivity index (χ0n) is 11.5. The molecule has 0 saturated heterocycles. The number of rotatable bonds is 3. The number of benzene rings is 2. The van der Waals surface area contributed by atoms with Gasteiger partial charge in [0.05, 0.1) is 0 Å². The van der Waals surface area contributed by atoms with Gasteiger partial charge in [0.1, 0.15) is 6.29 Å². The predicted octanol–water partition coefficient (Wildman–Crippen LogP) is 4.90. The highest BCUT2D eigenvalue weighted by Gasteiger charge is 2.15. The number of carbonyl (C=O) groups excluding carboxylic acids is 1. The van der Waals surface area contributed by atoms with Gasteiger partial charge in [-0.2, -0.15) is 0 Å². The number of aldehydes is 1. The molecule has 0 aliphatic heterocycles. The maximum absolute atomic E-state index is 11.3. The molecule has 0 spiro atoms. The lowest BCUT2D eigenvalue weighted by Gasteiger charge is -2.18. The molecule has 0 N–H and O–H groups in total. The summed E-state index contributed by atoms with van der Waals surface area (Å²) in [4.78, 5) is 11.3. The highest BCUT2D eigenvalue weighted by Crippen LogP contribution is 2.34. The van der Waals surface area contributed by atoms with Crippen LogP contribution in [-0.2, 0) is 0 Å². The van der Waals surface area contributed by atoms with Crippen molar-refractivity contribution in [2.24, 2.45) is 0 Å². The average Bonchev–Trinajstić information content (AvgIpc) is 2.35. The summed E-state index contributed by atoms with van der Waals surface area (Å²) in [6.07, 6.45) is 0.978. The van der Waals surface area contributed by atoms with Gasteiger partial charge >= 0.3 is 0 Å². The van der Waals surface area contributed by atoms with Gasteiger partial charge in [-0.3, -0.25) is 4.79 Å². The minimum atomic E-state index is 0.355. The fourth-order valence-electron chi connectivity index (χ4n) is 2.66. The first-order chi connectivity index (χ1) is 8.56. The smallest absolute Gasteiger partial charge is 0.150 e. The van der Waals surface area contributed by atoms with E-state index in [2.05, 4.69) is 52.0 Å². The molecule has 0 amide bonds. The van der Waals surface area contributed by atoms with E-state index >= 15 is 0 Å². The summed E-state index contributed by atoms with van der Waals surface area (Å²) in [5.74, 6) is 0.821. The van der Waals surface area contributed by atoms with Crippen molar-refractivity contribution in [2.45, 2.75) is 39.5 Å². The van der Waals surface area contributed by atoms with E-state index in [0.29, 0.717) is 11.8 Å². The third kappa shape index (κ3) is 2.05. The van der Waals surface area contributed by atoms with Crippen molar-refractivity contribution in [3.05, 3.63) is 47.0 Å². The van der Waals surface area contributed by atoms with Gasteiger partial charge in [0.25, 0.3) is 0 Å². The molecule has 0 aliphatic rings. The first kappa shape index (κ1) is 12.8. The molecule has 0 saturated carbocycles. The Balaban J connectivity index is 2.92. The van der Waals surface area contributed by atoms with Crippen molar-refractivity contribution >= 4 is 17.1 Å². The summed E-state index contributed by atoms with van der Waals surface area (Å²) in [6, 6.07) is 10.4. The summed E-state index contributed by atoms with van der Waals surface area (Å²) in [5.41, 5.74) is 3.34. The second-order valence-corrected chi connectivity index (χ2v) is 5.44. The second-order valence-electron chi connectivity index (χ2n) is 5.44. The minimum absolute atomic E-state index is 0.355. The molecule has 0 aromatic heterocycles. The Morgan fingerprint density at radius 3 is 2.22 bits per heavy atom. The molecule has 2 rings (SSSR count). The largest absolute Gasteiger partial charge is 0.298 e. The molecule has 18 heavy (non-hydrogen) atoms. The summed E-state index contributed by atoms with van der Waals surface area (Å²) in [6.45, 7) is 8.71. The lowest BCUT2D eigenvalue weighted by atomic mass is 9.86. The molecular weight excluding hydrogens is 220 g/mol. The van der Waals surface area contributed by atoms with E-state index < -0.39 is 0 Å². The van der Waals surface area contributed by atoms with Crippen LogP contribution in [-0.4, -0.2) is 6.29 Å². The molecule has 1 heteroatoms. The van der Waals surface area contributed by atoms with Crippen molar-refractivity contribution in [2.75, 3.05) is 0 Å². The van der Waals surface area contributed by atoms with Gasteiger partial charge in [0.2, 0.25) is 0 Å². The molecule has 0 radical (unpaired) electrons. The third-order valence-electron chi connectivity index (χ3n) is 3.48. The summed E-state index contributed by atoms with van der Waals surface area (Å²) >= 11 is 0. The van der Waals surface area contributed by atoms with E-state index in [4.69, 9.17) is 0 Å². The molecule has 0 heterocycles. The first-order valence-corrected chi connectivity index (χ1v) is 6.57. The standard InChI is InChI=1S/C17H20O/c1-11(2)15-7-5-6-13-8-9-14(10-18)16(12(3)4)17(13)15/h5-12H,1-4H3. The summed E-state index contributed by atoms with van der Waals surface area (Å²) in [7, 11) is 0. The lowest BCUT2D eigenvalue weighted by Crippen LogP contribution is -2.00. The van der Waals surface area contributed by atoms with Crippen LogP contribution in [0.15, 0.2) is 30.3 Å². The molecule has 0 unspecified atom stereocenters. The van der Waals surface area contributed by atoms with E-state index in [1.807, 2.05) is 6.07 Å². The monoisotopic (exact) mass is 240 g/mol. The Kier molecular flexibility index (Phi) is 3.51. The second kappa shape index (κ2) is 4.93. The highest BCUT2D eigenvalue weighted by atomic mass is 16.1. The van der Waals surface area contributed by atoms with Crippen LogP contribution < -0.4 is 0 Å². The van der Waals surface area contributed by atoms with Gasteiger partial charge in [-0.1, -0.05) is 58.0 Å². The van der Waals surface area contributed by atoms with E-state index in [9.17, 15) is 4.79 Å². The Labute approximate surface area is 109 Å². The van der Waals surface area contributed by atoms with Crippen LogP contribution in [0.5, 0.6) is 0 Å². The highest BCUT2D eigenvalue weighted by molar-refractivity contribution is 5.95. The van der Waals surface area contributed by atoms with Crippen LogP contribution in [0.1, 0.15) is 61.0 Å². The lowest BCUT2D eigenvalue weighted by molar-refractivity contribution is 0.112. The molecule has 0 bridgehead atoms.